The number of ether oxygens (including phenoxy) is 2. The van der Waals surface area contributed by atoms with Gasteiger partial charge >= 0.3 is 0 Å². The average molecular weight is 420 g/mol. The number of hydrogen-bond acceptors (Lipinski definition) is 3. The van der Waals surface area contributed by atoms with E-state index in [2.05, 4.69) is 5.32 Å². The zero-order valence-electron chi connectivity index (χ0n) is 15.3. The summed E-state index contributed by atoms with van der Waals surface area (Å²) in [6.45, 7) is 2.90. The minimum absolute atomic E-state index is 0.0592. The second-order valence-electron chi connectivity index (χ2n) is 6.05. The molecule has 146 valence electrons. The number of hydrogen-bond donors (Lipinski definition) is 1. The van der Waals surface area contributed by atoms with Crippen molar-refractivity contribution in [3.63, 3.8) is 0 Å². The van der Waals surface area contributed by atoms with E-state index in [9.17, 15) is 4.39 Å². The summed E-state index contributed by atoms with van der Waals surface area (Å²) < 4.78 is 25.3. The van der Waals surface area contributed by atoms with Crippen molar-refractivity contribution in [2.75, 3.05) is 11.9 Å². The maximum Gasteiger partial charge on any atom is 0.180 e. The minimum atomic E-state index is -0.322. The van der Waals surface area contributed by atoms with Crippen molar-refractivity contribution in [1.82, 2.24) is 0 Å². The van der Waals surface area contributed by atoms with Gasteiger partial charge in [0.1, 0.15) is 12.4 Å². The van der Waals surface area contributed by atoms with Gasteiger partial charge in [-0.05, 0) is 42.8 Å². The van der Waals surface area contributed by atoms with E-state index in [1.807, 2.05) is 37.3 Å². The Morgan fingerprint density at radius 1 is 0.929 bits per heavy atom. The Hall–Kier alpha value is -2.43. The summed E-state index contributed by atoms with van der Waals surface area (Å²) in [6, 6.07) is 17.6. The van der Waals surface area contributed by atoms with Gasteiger partial charge in [0.15, 0.2) is 11.5 Å². The molecule has 0 aliphatic rings. The van der Waals surface area contributed by atoms with Gasteiger partial charge in [-0.25, -0.2) is 4.39 Å². The van der Waals surface area contributed by atoms with Gasteiger partial charge in [0.2, 0.25) is 0 Å². The zero-order valence-corrected chi connectivity index (χ0v) is 16.9. The molecule has 3 aromatic rings. The Kier molecular flexibility index (Phi) is 7.01. The molecule has 3 aromatic carbocycles. The van der Waals surface area contributed by atoms with E-state index in [1.54, 1.807) is 24.3 Å². The third-order valence-electron chi connectivity index (χ3n) is 4.06. The highest BCUT2D eigenvalue weighted by Crippen LogP contribution is 2.37. The Balaban J connectivity index is 1.77. The predicted molar refractivity (Wildman–Crippen MR) is 112 cm³/mol. The molecule has 0 radical (unpaired) electrons. The Morgan fingerprint density at radius 2 is 1.68 bits per heavy atom. The normalized spacial score (nSPS) is 10.6. The van der Waals surface area contributed by atoms with E-state index in [1.165, 1.54) is 6.07 Å². The molecule has 28 heavy (non-hydrogen) atoms. The standard InChI is InChI=1S/C22H20Cl2FNO2/c1-2-27-21-12-15(13-26-20-10-6-4-8-17(20)23)11-18(24)22(21)28-14-16-7-3-5-9-19(16)25/h3-12,26H,2,13-14H2,1H3. The lowest BCUT2D eigenvalue weighted by Gasteiger charge is -2.16. The first-order chi connectivity index (χ1) is 13.6. The fourth-order valence-electron chi connectivity index (χ4n) is 2.69. The molecule has 0 spiro atoms. The molecule has 3 nitrogen and oxygen atoms in total. The third kappa shape index (κ3) is 5.09. The van der Waals surface area contributed by atoms with Crippen molar-refractivity contribution in [2.24, 2.45) is 0 Å². The molecule has 0 aliphatic heterocycles. The van der Waals surface area contributed by atoms with E-state index in [0.717, 1.165) is 11.3 Å². The van der Waals surface area contributed by atoms with Crippen LogP contribution in [0.2, 0.25) is 10.0 Å². The van der Waals surface area contributed by atoms with Crippen LogP contribution in [0.15, 0.2) is 60.7 Å². The highest BCUT2D eigenvalue weighted by atomic mass is 35.5. The fourth-order valence-corrected chi connectivity index (χ4v) is 3.18. The topological polar surface area (TPSA) is 30.5 Å². The van der Waals surface area contributed by atoms with Crippen LogP contribution >= 0.6 is 23.2 Å². The number of benzene rings is 3. The van der Waals surface area contributed by atoms with Crippen molar-refractivity contribution in [3.8, 4) is 11.5 Å². The quantitative estimate of drug-likeness (QED) is 0.439. The Labute approximate surface area is 174 Å². The summed E-state index contributed by atoms with van der Waals surface area (Å²) in [5.74, 6) is 0.590. The molecular formula is C22H20Cl2FNO2. The molecule has 0 heterocycles. The largest absolute Gasteiger partial charge is 0.490 e. The molecule has 6 heteroatoms. The minimum Gasteiger partial charge on any atom is -0.490 e. The molecule has 0 saturated heterocycles. The maximum atomic E-state index is 13.8. The lowest BCUT2D eigenvalue weighted by Crippen LogP contribution is -2.04. The van der Waals surface area contributed by atoms with Gasteiger partial charge in [-0.1, -0.05) is 53.5 Å². The summed E-state index contributed by atoms with van der Waals surface area (Å²) in [5, 5.41) is 4.32. The average Bonchev–Trinajstić information content (AvgIpc) is 2.68. The lowest BCUT2D eigenvalue weighted by atomic mass is 10.2. The van der Waals surface area contributed by atoms with Crippen LogP contribution in [0.4, 0.5) is 10.1 Å². The van der Waals surface area contributed by atoms with Crippen LogP contribution in [0, 0.1) is 5.82 Å². The summed E-state index contributed by atoms with van der Waals surface area (Å²) in [4.78, 5) is 0. The lowest BCUT2D eigenvalue weighted by molar-refractivity contribution is 0.266. The SMILES string of the molecule is CCOc1cc(CNc2ccccc2Cl)cc(Cl)c1OCc1ccccc1F. The molecular weight excluding hydrogens is 400 g/mol. The molecule has 0 amide bonds. The van der Waals surface area contributed by atoms with Gasteiger partial charge in [-0.2, -0.15) is 0 Å². The van der Waals surface area contributed by atoms with Gasteiger partial charge in [-0.15, -0.1) is 0 Å². The molecule has 1 N–H and O–H groups in total. The summed E-state index contributed by atoms with van der Waals surface area (Å²) >= 11 is 12.6. The fraction of sp³-hybridized carbons (Fsp3) is 0.182. The number of halogens is 3. The molecule has 0 unspecified atom stereocenters. The monoisotopic (exact) mass is 419 g/mol. The molecule has 0 atom stereocenters. The maximum absolute atomic E-state index is 13.8. The molecule has 0 fully saturated rings. The molecule has 0 aromatic heterocycles. The predicted octanol–water partition coefficient (Wildman–Crippen LogP) is 6.72. The third-order valence-corrected chi connectivity index (χ3v) is 4.67. The first kappa shape index (κ1) is 20.3. The molecule has 0 bridgehead atoms. The van der Waals surface area contributed by atoms with Gasteiger partial charge in [-0.3, -0.25) is 0 Å². The first-order valence-corrected chi connectivity index (χ1v) is 9.64. The van der Waals surface area contributed by atoms with Crippen LogP contribution in [0.1, 0.15) is 18.1 Å². The van der Waals surface area contributed by atoms with E-state index in [-0.39, 0.29) is 12.4 Å². The van der Waals surface area contributed by atoms with E-state index < -0.39 is 0 Å². The van der Waals surface area contributed by atoms with Crippen molar-refractivity contribution in [2.45, 2.75) is 20.1 Å². The number of nitrogens with one attached hydrogen (secondary N) is 1. The van der Waals surface area contributed by atoms with E-state index >= 15 is 0 Å². The summed E-state index contributed by atoms with van der Waals surface area (Å²) in [7, 11) is 0. The highest BCUT2D eigenvalue weighted by molar-refractivity contribution is 6.33. The second-order valence-corrected chi connectivity index (χ2v) is 6.87. The van der Waals surface area contributed by atoms with Crippen LogP contribution in [0.5, 0.6) is 11.5 Å². The first-order valence-electron chi connectivity index (χ1n) is 8.88. The van der Waals surface area contributed by atoms with Crippen LogP contribution in [-0.4, -0.2) is 6.61 Å². The van der Waals surface area contributed by atoms with Crippen molar-refractivity contribution in [3.05, 3.63) is 87.7 Å². The summed E-state index contributed by atoms with van der Waals surface area (Å²) in [6.07, 6.45) is 0. The van der Waals surface area contributed by atoms with E-state index in [4.69, 9.17) is 32.7 Å². The Bertz CT molecular complexity index is 950. The van der Waals surface area contributed by atoms with Crippen LogP contribution < -0.4 is 14.8 Å². The van der Waals surface area contributed by atoms with E-state index in [0.29, 0.717) is 40.3 Å². The molecule has 0 aliphatic carbocycles. The van der Waals surface area contributed by atoms with Crippen LogP contribution in [-0.2, 0) is 13.2 Å². The second kappa shape index (κ2) is 9.67. The molecule has 0 saturated carbocycles. The van der Waals surface area contributed by atoms with Crippen LogP contribution in [0.25, 0.3) is 0 Å². The van der Waals surface area contributed by atoms with Crippen molar-refractivity contribution < 1.29 is 13.9 Å². The molecule has 3 rings (SSSR count). The zero-order chi connectivity index (χ0) is 19.9. The number of anilines is 1. The van der Waals surface area contributed by atoms with Gasteiger partial charge < -0.3 is 14.8 Å². The Morgan fingerprint density at radius 3 is 2.43 bits per heavy atom. The number of rotatable bonds is 8. The smallest absolute Gasteiger partial charge is 0.180 e. The van der Waals surface area contributed by atoms with Gasteiger partial charge in [0, 0.05) is 12.1 Å². The summed E-state index contributed by atoms with van der Waals surface area (Å²) in [5.41, 5.74) is 2.19. The highest BCUT2D eigenvalue weighted by Gasteiger charge is 2.14. The van der Waals surface area contributed by atoms with Crippen molar-refractivity contribution >= 4 is 28.9 Å². The number of para-hydroxylation sites is 1. The van der Waals surface area contributed by atoms with Gasteiger partial charge in [0.25, 0.3) is 0 Å². The van der Waals surface area contributed by atoms with Gasteiger partial charge in [0.05, 0.1) is 22.3 Å². The van der Waals surface area contributed by atoms with Crippen molar-refractivity contribution in [1.29, 1.82) is 0 Å². The van der Waals surface area contributed by atoms with Crippen LogP contribution in [0.3, 0.4) is 0 Å².